The summed E-state index contributed by atoms with van der Waals surface area (Å²) in [5, 5.41) is 10.6. The first-order valence-electron chi connectivity index (χ1n) is 12.8. The fourth-order valence-electron chi connectivity index (χ4n) is 9.10. The lowest BCUT2D eigenvalue weighted by atomic mass is 9.49. The van der Waals surface area contributed by atoms with Crippen LogP contribution in [0.2, 0.25) is 0 Å². The third-order valence-corrected chi connectivity index (χ3v) is 10.7. The van der Waals surface area contributed by atoms with Crippen molar-refractivity contribution in [1.29, 1.82) is 0 Å². The molecule has 4 aliphatic carbocycles. The summed E-state index contributed by atoms with van der Waals surface area (Å²) in [6.07, 6.45) is 14.6. The number of hydrogen-bond acceptors (Lipinski definition) is 2. The van der Waals surface area contributed by atoms with Crippen LogP contribution < -0.4 is 0 Å². The van der Waals surface area contributed by atoms with E-state index in [1.54, 1.807) is 0 Å². The zero-order chi connectivity index (χ0) is 20.4. The molecule has 0 aromatic carbocycles. The summed E-state index contributed by atoms with van der Waals surface area (Å²) in [7, 11) is 0. The molecule has 29 heavy (non-hydrogen) atoms. The van der Waals surface area contributed by atoms with Gasteiger partial charge in [-0.15, -0.1) is 0 Å². The van der Waals surface area contributed by atoms with Crippen molar-refractivity contribution < 1.29 is 9.90 Å². The molecule has 0 spiro atoms. The van der Waals surface area contributed by atoms with Crippen LogP contribution in [0.1, 0.15) is 97.8 Å². The molecule has 3 heteroatoms. The average Bonchev–Trinajstić information content (AvgIpc) is 3.00. The van der Waals surface area contributed by atoms with Crippen molar-refractivity contribution in [2.75, 3.05) is 6.54 Å². The van der Waals surface area contributed by atoms with E-state index in [0.29, 0.717) is 23.3 Å². The maximum Gasteiger partial charge on any atom is 0.222 e. The molecule has 0 aromatic rings. The van der Waals surface area contributed by atoms with Crippen LogP contribution >= 0.6 is 0 Å². The highest BCUT2D eigenvalue weighted by atomic mass is 16.3. The summed E-state index contributed by atoms with van der Waals surface area (Å²) >= 11 is 0. The van der Waals surface area contributed by atoms with Gasteiger partial charge in [0.05, 0.1) is 5.60 Å². The Kier molecular flexibility index (Phi) is 5.08. The Morgan fingerprint density at radius 2 is 1.76 bits per heavy atom. The molecule has 1 amide bonds. The normalized spacial score (nSPS) is 52.6. The summed E-state index contributed by atoms with van der Waals surface area (Å²) < 4.78 is 0. The first kappa shape index (κ1) is 20.3. The van der Waals surface area contributed by atoms with Crippen LogP contribution in [0.3, 0.4) is 0 Å². The summed E-state index contributed by atoms with van der Waals surface area (Å²) in [4.78, 5) is 14.9. The molecule has 0 unspecified atom stereocenters. The topological polar surface area (TPSA) is 40.5 Å². The van der Waals surface area contributed by atoms with Crippen molar-refractivity contribution in [2.45, 2.75) is 109 Å². The second-order valence-electron chi connectivity index (χ2n) is 12.3. The number of nitrogens with zero attached hydrogens (tertiary/aromatic N) is 1. The van der Waals surface area contributed by atoms with E-state index in [0.717, 1.165) is 61.8 Å². The first-order valence-corrected chi connectivity index (χ1v) is 12.8. The van der Waals surface area contributed by atoms with Gasteiger partial charge in [-0.25, -0.2) is 0 Å². The van der Waals surface area contributed by atoms with E-state index in [9.17, 15) is 9.90 Å². The van der Waals surface area contributed by atoms with Crippen LogP contribution in [0, 0.1) is 40.9 Å². The van der Waals surface area contributed by atoms with Crippen LogP contribution in [-0.2, 0) is 4.79 Å². The molecule has 0 radical (unpaired) electrons. The lowest BCUT2D eigenvalue weighted by Gasteiger charge is -2.57. The molecule has 1 aliphatic heterocycles. The molecule has 164 valence electrons. The van der Waals surface area contributed by atoms with E-state index in [1.165, 1.54) is 51.4 Å². The molecular weight excluding hydrogens is 358 g/mol. The molecule has 4 saturated carbocycles. The summed E-state index contributed by atoms with van der Waals surface area (Å²) in [5.41, 5.74) is 0.0406. The lowest BCUT2D eigenvalue weighted by Crippen LogP contribution is -2.52. The van der Waals surface area contributed by atoms with Crippen LogP contribution in [0.5, 0.6) is 0 Å². The highest BCUT2D eigenvalue weighted by Gasteiger charge is 2.57. The minimum absolute atomic E-state index is 0.409. The molecule has 1 heterocycles. The van der Waals surface area contributed by atoms with Crippen LogP contribution in [0.25, 0.3) is 0 Å². The smallest absolute Gasteiger partial charge is 0.222 e. The zero-order valence-corrected chi connectivity index (χ0v) is 19.0. The Bertz CT molecular complexity index is 645. The molecule has 5 fully saturated rings. The van der Waals surface area contributed by atoms with E-state index in [1.807, 2.05) is 0 Å². The predicted molar refractivity (Wildman–Crippen MR) is 116 cm³/mol. The van der Waals surface area contributed by atoms with Crippen LogP contribution in [0.4, 0.5) is 0 Å². The Balaban J connectivity index is 1.30. The summed E-state index contributed by atoms with van der Waals surface area (Å²) in [6, 6.07) is 0.445. The molecule has 0 bridgehead atoms. The number of rotatable bonds is 2. The number of amides is 1. The van der Waals surface area contributed by atoms with Gasteiger partial charge in [-0.1, -0.05) is 6.92 Å². The number of hydrogen-bond donors (Lipinski definition) is 1. The summed E-state index contributed by atoms with van der Waals surface area (Å²) in [5.74, 6) is 5.48. The van der Waals surface area contributed by atoms with Gasteiger partial charge in [0.2, 0.25) is 5.91 Å². The lowest BCUT2D eigenvalue weighted by molar-refractivity contribution is -0.138. The second-order valence-corrected chi connectivity index (χ2v) is 12.3. The quantitative estimate of drug-likeness (QED) is 0.672. The molecule has 3 nitrogen and oxygen atoms in total. The van der Waals surface area contributed by atoms with Crippen molar-refractivity contribution in [3.63, 3.8) is 0 Å². The third-order valence-electron chi connectivity index (χ3n) is 10.7. The van der Waals surface area contributed by atoms with E-state index in [4.69, 9.17) is 0 Å². The molecule has 0 aromatic heterocycles. The Labute approximate surface area is 178 Å². The molecule has 1 saturated heterocycles. The number of likely N-dealkylation sites (tertiary alicyclic amines) is 1. The van der Waals surface area contributed by atoms with Gasteiger partial charge < -0.3 is 10.0 Å². The SMILES string of the molecule is C[C@H]1CCCC(=O)N1C[C@H]1CC[C@H]2[C@@H]3CC[C@@H]4C[C@](C)(O)CC[C@@H]4[C@H]3CC[C@]12C. The van der Waals surface area contributed by atoms with E-state index >= 15 is 0 Å². The fourth-order valence-corrected chi connectivity index (χ4v) is 9.10. The van der Waals surface area contributed by atoms with E-state index < -0.39 is 5.60 Å². The third kappa shape index (κ3) is 3.38. The monoisotopic (exact) mass is 401 g/mol. The highest BCUT2D eigenvalue weighted by Crippen LogP contribution is 2.64. The number of aliphatic hydroxyl groups is 1. The van der Waals surface area contributed by atoms with Gasteiger partial charge in [0, 0.05) is 19.0 Å². The molecule has 5 aliphatic rings. The first-order chi connectivity index (χ1) is 13.8. The Hall–Kier alpha value is -0.570. The fraction of sp³-hybridized carbons (Fsp3) is 0.962. The molecule has 1 N–H and O–H groups in total. The van der Waals surface area contributed by atoms with Crippen LogP contribution in [0.15, 0.2) is 0 Å². The number of piperidine rings is 1. The van der Waals surface area contributed by atoms with E-state index in [-0.39, 0.29) is 0 Å². The largest absolute Gasteiger partial charge is 0.390 e. The highest BCUT2D eigenvalue weighted by molar-refractivity contribution is 5.77. The van der Waals surface area contributed by atoms with Crippen LogP contribution in [-0.4, -0.2) is 34.1 Å². The van der Waals surface area contributed by atoms with Gasteiger partial charge in [-0.3, -0.25) is 4.79 Å². The van der Waals surface area contributed by atoms with Gasteiger partial charge >= 0.3 is 0 Å². The Morgan fingerprint density at radius 3 is 2.55 bits per heavy atom. The Morgan fingerprint density at radius 1 is 0.966 bits per heavy atom. The van der Waals surface area contributed by atoms with Crippen molar-refractivity contribution >= 4 is 5.91 Å². The van der Waals surface area contributed by atoms with Gasteiger partial charge in [-0.2, -0.15) is 0 Å². The minimum atomic E-state index is -0.409. The summed E-state index contributed by atoms with van der Waals surface area (Å²) in [6.45, 7) is 7.96. The minimum Gasteiger partial charge on any atom is -0.390 e. The molecule has 5 rings (SSSR count). The predicted octanol–water partition coefficient (Wildman–Crippen LogP) is 5.41. The maximum absolute atomic E-state index is 12.6. The van der Waals surface area contributed by atoms with E-state index in [2.05, 4.69) is 25.7 Å². The number of carbonyl (C=O) groups is 1. The number of carbonyl (C=O) groups excluding carboxylic acids is 1. The second kappa shape index (κ2) is 7.24. The van der Waals surface area contributed by atoms with Crippen molar-refractivity contribution in [3.05, 3.63) is 0 Å². The van der Waals surface area contributed by atoms with Gasteiger partial charge in [0.25, 0.3) is 0 Å². The van der Waals surface area contributed by atoms with Gasteiger partial charge in [0.15, 0.2) is 0 Å². The number of fused-ring (bicyclic) bond motifs is 5. The standard InChI is InChI=1S/C26H43NO2/c1-17-5-4-6-24(28)27(17)16-19-8-10-23-22-9-7-18-15-25(2,29)13-11-20(18)21(22)12-14-26(19,23)3/h17-23,29H,4-16H2,1-3H3/t17-,18+,19+,20-,21+,22+,23-,25+,26+/m0/s1. The zero-order valence-electron chi connectivity index (χ0n) is 19.0. The van der Waals surface area contributed by atoms with Crippen molar-refractivity contribution in [1.82, 2.24) is 4.90 Å². The maximum atomic E-state index is 12.6. The van der Waals surface area contributed by atoms with Gasteiger partial charge in [0.1, 0.15) is 0 Å². The molecular formula is C26H43NO2. The van der Waals surface area contributed by atoms with Gasteiger partial charge in [-0.05, 0) is 125 Å². The average molecular weight is 402 g/mol. The van der Waals surface area contributed by atoms with Crippen molar-refractivity contribution in [3.8, 4) is 0 Å². The van der Waals surface area contributed by atoms with Crippen molar-refractivity contribution in [2.24, 2.45) is 40.9 Å². The molecule has 9 atom stereocenters.